The molecule has 1 fully saturated rings. The highest BCUT2D eigenvalue weighted by atomic mass is 32.2. The smallest absolute Gasteiger partial charge is 0.201 e. The van der Waals surface area contributed by atoms with E-state index in [4.69, 9.17) is 9.26 Å². The van der Waals surface area contributed by atoms with Crippen molar-refractivity contribution in [3.63, 3.8) is 0 Å². The summed E-state index contributed by atoms with van der Waals surface area (Å²) < 4.78 is 34.3. The highest BCUT2D eigenvalue weighted by molar-refractivity contribution is 7.72. The number of hydrogen-bond acceptors (Lipinski definition) is 8. The van der Waals surface area contributed by atoms with Crippen LogP contribution in [-0.2, 0) is 15.4 Å². The van der Waals surface area contributed by atoms with Crippen molar-refractivity contribution in [3.8, 4) is 11.1 Å². The van der Waals surface area contributed by atoms with Gasteiger partial charge < -0.3 is 19.6 Å². The molecule has 0 radical (unpaired) electrons. The van der Waals surface area contributed by atoms with Crippen molar-refractivity contribution in [2.24, 2.45) is 0 Å². The van der Waals surface area contributed by atoms with Crippen molar-refractivity contribution in [1.82, 2.24) is 20.0 Å². The molecule has 1 aliphatic rings. The minimum atomic E-state index is -2.80. The maximum Gasteiger partial charge on any atom is 0.201 e. The van der Waals surface area contributed by atoms with Gasteiger partial charge in [-0.15, -0.1) is 0 Å². The molecular weight excluding hydrogens is 382 g/mol. The third kappa shape index (κ3) is 3.75. The van der Waals surface area contributed by atoms with Gasteiger partial charge in [0.2, 0.25) is 5.95 Å². The average molecular weight is 405 g/mol. The topological polar surface area (TPSA) is 113 Å². The molecule has 1 aliphatic heterocycles. The lowest BCUT2D eigenvalue weighted by molar-refractivity contribution is 0.0398. The van der Waals surface area contributed by atoms with Crippen LogP contribution in [0.3, 0.4) is 0 Å². The minimum absolute atomic E-state index is 0.181. The molecule has 150 valence electrons. The fraction of sp³-hybridized carbons (Fsp3) is 0.444. The van der Waals surface area contributed by atoms with E-state index in [0.717, 1.165) is 44.0 Å². The Morgan fingerprint density at radius 1 is 1.25 bits per heavy atom. The molecule has 1 aromatic carbocycles. The van der Waals surface area contributed by atoms with Gasteiger partial charge in [0.1, 0.15) is 11.3 Å². The molecule has 0 spiro atoms. The molecule has 0 atom stereocenters. The van der Waals surface area contributed by atoms with Crippen molar-refractivity contribution >= 4 is 27.7 Å². The van der Waals surface area contributed by atoms with Gasteiger partial charge in [0.15, 0.2) is 10.7 Å². The summed E-state index contributed by atoms with van der Waals surface area (Å²) in [6.45, 7) is 8.57. The molecule has 0 saturated carbocycles. The maximum atomic E-state index is 11.8. The number of nitrogens with zero attached hydrogens (tertiary/aromatic N) is 3. The lowest BCUT2D eigenvalue weighted by Crippen LogP contribution is -2.39. The van der Waals surface area contributed by atoms with E-state index in [1.807, 2.05) is 19.9 Å². The van der Waals surface area contributed by atoms with Crippen molar-refractivity contribution in [3.05, 3.63) is 23.6 Å². The fourth-order valence-corrected chi connectivity index (χ4v) is 4.11. The maximum absolute atomic E-state index is 11.8. The number of nitrogens with one attached hydrogen (secondary N) is 2. The first-order valence-electron chi connectivity index (χ1n) is 9.18. The molecule has 9 nitrogen and oxygen atoms in total. The predicted molar refractivity (Wildman–Crippen MR) is 105 cm³/mol. The number of fused-ring (bicyclic) bond motifs is 1. The molecule has 0 bridgehead atoms. The Morgan fingerprint density at radius 2 is 2.04 bits per heavy atom. The van der Waals surface area contributed by atoms with E-state index in [-0.39, 0.29) is 4.90 Å². The number of thiol groups is 1. The minimum Gasteiger partial charge on any atom is -0.379 e. The molecule has 1 saturated heterocycles. The van der Waals surface area contributed by atoms with Crippen LogP contribution >= 0.6 is 0 Å². The highest BCUT2D eigenvalue weighted by Crippen LogP contribution is 2.32. The normalized spacial score (nSPS) is 15.5. The van der Waals surface area contributed by atoms with E-state index in [9.17, 15) is 8.42 Å². The number of anilines is 1. The molecule has 28 heavy (non-hydrogen) atoms. The molecule has 2 N–H and O–H groups in total. The van der Waals surface area contributed by atoms with E-state index in [1.54, 1.807) is 6.07 Å². The molecule has 0 amide bonds. The molecule has 3 heterocycles. The number of H-pyrrole nitrogens is 1. The van der Waals surface area contributed by atoms with Gasteiger partial charge in [0, 0.05) is 31.7 Å². The summed E-state index contributed by atoms with van der Waals surface area (Å²) in [5.41, 5.74) is 3.34. The Labute approximate surface area is 164 Å². The molecular formula is C18H23N5O4S. The molecule has 0 aliphatic carbocycles. The van der Waals surface area contributed by atoms with E-state index in [0.29, 0.717) is 35.0 Å². The Morgan fingerprint density at radius 3 is 2.71 bits per heavy atom. The van der Waals surface area contributed by atoms with Crippen molar-refractivity contribution in [2.45, 2.75) is 18.7 Å². The number of morpholine rings is 1. The van der Waals surface area contributed by atoms with Crippen LogP contribution in [0.5, 0.6) is 0 Å². The predicted octanol–water partition coefficient (Wildman–Crippen LogP) is 1.55. The van der Waals surface area contributed by atoms with Crippen LogP contribution in [0, 0.1) is 13.8 Å². The number of hydrogen-bond donors (Lipinski definition) is 3. The average Bonchev–Trinajstić information content (AvgIpc) is 3.24. The van der Waals surface area contributed by atoms with Crippen LogP contribution in [0.25, 0.3) is 22.2 Å². The van der Waals surface area contributed by atoms with Crippen LogP contribution < -0.4 is 5.32 Å². The van der Waals surface area contributed by atoms with Crippen LogP contribution in [-0.4, -0.2) is 67.8 Å². The number of aryl methyl sites for hydroxylation is 2. The van der Waals surface area contributed by atoms with E-state index >= 15 is 0 Å². The number of imidazole rings is 1. The summed E-state index contributed by atoms with van der Waals surface area (Å²) in [6, 6.07) is 3.50. The van der Waals surface area contributed by atoms with Crippen molar-refractivity contribution in [1.29, 1.82) is 0 Å². The number of rotatable bonds is 6. The van der Waals surface area contributed by atoms with Gasteiger partial charge in [-0.1, -0.05) is 5.16 Å². The van der Waals surface area contributed by atoms with E-state index in [2.05, 4.69) is 25.3 Å². The van der Waals surface area contributed by atoms with Gasteiger partial charge in [-0.05, 0) is 31.5 Å². The summed E-state index contributed by atoms with van der Waals surface area (Å²) >= 11 is 0. The number of benzene rings is 1. The lowest BCUT2D eigenvalue weighted by Gasteiger charge is -2.26. The Balaban J connectivity index is 1.61. The van der Waals surface area contributed by atoms with Crippen LogP contribution in [0.1, 0.15) is 11.5 Å². The van der Waals surface area contributed by atoms with Crippen molar-refractivity contribution in [2.75, 3.05) is 44.7 Å². The molecule has 4 rings (SSSR count). The van der Waals surface area contributed by atoms with E-state index in [1.165, 1.54) is 0 Å². The Kier molecular flexibility index (Phi) is 5.33. The Bertz CT molecular complexity index is 1040. The monoisotopic (exact) mass is 405 g/mol. The van der Waals surface area contributed by atoms with Crippen LogP contribution in [0.4, 0.5) is 5.95 Å². The van der Waals surface area contributed by atoms with E-state index < -0.39 is 10.7 Å². The third-order valence-corrected chi connectivity index (χ3v) is 5.64. The fourth-order valence-electron chi connectivity index (χ4n) is 3.52. The van der Waals surface area contributed by atoms with Gasteiger partial charge in [-0.2, -0.15) is 0 Å². The lowest BCUT2D eigenvalue weighted by atomic mass is 10.0. The SMILES string of the molecule is Cc1noc(C)c1-c1cc([SH](=O)=O)c2nc(NCCN3CCOCC3)[nH]c2c1. The summed E-state index contributed by atoms with van der Waals surface area (Å²) in [7, 11) is -2.80. The first-order valence-corrected chi connectivity index (χ1v) is 10.4. The largest absolute Gasteiger partial charge is 0.379 e. The van der Waals surface area contributed by atoms with Gasteiger partial charge in [0.05, 0.1) is 29.3 Å². The standard InChI is InChI=1S/C18H23N5O4S/c1-11-16(12(2)27-22-11)13-9-14-17(15(10-13)28(24)25)21-18(20-14)19-3-4-23-5-7-26-8-6-23/h9-10,28H,3-8H2,1-2H3,(H2,19,20,21). The van der Waals surface area contributed by atoms with Crippen LogP contribution in [0.15, 0.2) is 21.6 Å². The summed E-state index contributed by atoms with van der Waals surface area (Å²) in [5.74, 6) is 1.20. The summed E-state index contributed by atoms with van der Waals surface area (Å²) in [4.78, 5) is 10.1. The molecule has 10 heteroatoms. The number of ether oxygens (including phenoxy) is 1. The van der Waals surface area contributed by atoms with Crippen molar-refractivity contribution < 1.29 is 17.7 Å². The molecule has 2 aromatic heterocycles. The second kappa shape index (κ2) is 7.90. The van der Waals surface area contributed by atoms with Gasteiger partial charge in [0.25, 0.3) is 0 Å². The highest BCUT2D eigenvalue weighted by Gasteiger charge is 2.17. The van der Waals surface area contributed by atoms with Gasteiger partial charge in [-0.25, -0.2) is 13.4 Å². The van der Waals surface area contributed by atoms with Gasteiger partial charge >= 0.3 is 0 Å². The quantitative estimate of drug-likeness (QED) is 0.530. The Hall–Kier alpha value is -2.43. The zero-order valence-corrected chi connectivity index (χ0v) is 16.7. The molecule has 3 aromatic rings. The zero-order valence-electron chi connectivity index (χ0n) is 15.8. The van der Waals surface area contributed by atoms with Gasteiger partial charge in [-0.3, -0.25) is 4.90 Å². The third-order valence-electron chi connectivity index (χ3n) is 4.91. The number of aromatic amines is 1. The number of aromatic nitrogens is 3. The summed E-state index contributed by atoms with van der Waals surface area (Å²) in [5, 5.41) is 7.21. The molecule has 0 unspecified atom stereocenters. The first kappa shape index (κ1) is 18.9. The first-order chi connectivity index (χ1) is 13.5. The summed E-state index contributed by atoms with van der Waals surface area (Å²) in [6.07, 6.45) is 0. The zero-order chi connectivity index (χ0) is 19.7. The second-order valence-corrected chi connectivity index (χ2v) is 7.81. The van der Waals surface area contributed by atoms with Crippen LogP contribution in [0.2, 0.25) is 0 Å². The second-order valence-electron chi connectivity index (χ2n) is 6.81.